The molecule has 27 heavy (non-hydrogen) atoms. The van der Waals surface area contributed by atoms with Crippen LogP contribution < -0.4 is 0 Å². The first-order valence-electron chi connectivity index (χ1n) is 10.1. The van der Waals surface area contributed by atoms with Gasteiger partial charge in [-0.3, -0.25) is 4.79 Å². The third kappa shape index (κ3) is 3.81. The number of fused-ring (bicyclic) bond motifs is 1. The van der Waals surface area contributed by atoms with Crippen molar-refractivity contribution in [1.82, 2.24) is 4.90 Å². The fraction of sp³-hybridized carbons (Fsp3) is 0.591. The Kier molecular flexibility index (Phi) is 5.60. The van der Waals surface area contributed by atoms with Crippen LogP contribution in [0.4, 0.5) is 4.39 Å². The molecule has 3 aliphatic rings. The summed E-state index contributed by atoms with van der Waals surface area (Å²) in [6.07, 6.45) is 7.14. The summed E-state index contributed by atoms with van der Waals surface area (Å²) in [6.45, 7) is 3.66. The Morgan fingerprint density at radius 3 is 3.04 bits per heavy atom. The fourth-order valence-corrected chi connectivity index (χ4v) is 5.07. The number of carbonyl (C=O) groups is 1. The van der Waals surface area contributed by atoms with Gasteiger partial charge in [0.25, 0.3) is 0 Å². The molecule has 0 bridgehead atoms. The summed E-state index contributed by atoms with van der Waals surface area (Å²) in [5.74, 6) is -0.0595. The highest BCUT2D eigenvalue weighted by molar-refractivity contribution is 5.77. The Bertz CT molecular complexity index is 715. The van der Waals surface area contributed by atoms with Crippen molar-refractivity contribution in [2.45, 2.75) is 44.6 Å². The van der Waals surface area contributed by atoms with Crippen LogP contribution in [0.2, 0.25) is 0 Å². The molecule has 2 fully saturated rings. The number of rotatable bonds is 4. The van der Waals surface area contributed by atoms with Crippen molar-refractivity contribution >= 4 is 5.91 Å². The van der Waals surface area contributed by atoms with Crippen molar-refractivity contribution in [3.63, 3.8) is 0 Å². The van der Waals surface area contributed by atoms with Crippen molar-refractivity contribution in [3.8, 4) is 0 Å². The van der Waals surface area contributed by atoms with Crippen LogP contribution in [-0.2, 0) is 20.7 Å². The lowest BCUT2D eigenvalue weighted by molar-refractivity contribution is -0.147. The third-order valence-corrected chi connectivity index (χ3v) is 6.37. The van der Waals surface area contributed by atoms with Gasteiger partial charge in [0.15, 0.2) is 0 Å². The average molecular weight is 373 g/mol. The van der Waals surface area contributed by atoms with E-state index in [2.05, 4.69) is 11.0 Å². The molecule has 146 valence electrons. The number of carbonyl (C=O) groups excluding carboxylic acids is 1. The van der Waals surface area contributed by atoms with E-state index < -0.39 is 0 Å². The molecule has 3 heterocycles. The number of halogens is 1. The third-order valence-electron chi connectivity index (χ3n) is 6.37. The lowest BCUT2D eigenvalue weighted by Gasteiger charge is -2.54. The summed E-state index contributed by atoms with van der Waals surface area (Å²) in [6, 6.07) is 6.77. The molecule has 0 aromatic heterocycles. The zero-order valence-corrected chi connectivity index (χ0v) is 15.8. The summed E-state index contributed by atoms with van der Waals surface area (Å²) in [5.41, 5.74) is 2.25. The molecule has 0 aliphatic carbocycles. The number of ether oxygens (including phenoxy) is 2. The Hall–Kier alpha value is -1.72. The van der Waals surface area contributed by atoms with E-state index in [0.29, 0.717) is 32.7 Å². The first-order valence-corrected chi connectivity index (χ1v) is 10.1. The molecule has 0 unspecified atom stereocenters. The molecule has 0 radical (unpaired) electrons. The normalized spacial score (nSPS) is 28.4. The summed E-state index contributed by atoms with van der Waals surface area (Å²) >= 11 is 0. The Morgan fingerprint density at radius 2 is 2.22 bits per heavy atom. The largest absolute Gasteiger partial charge is 0.380 e. The van der Waals surface area contributed by atoms with Gasteiger partial charge in [-0.2, -0.15) is 0 Å². The van der Waals surface area contributed by atoms with Crippen molar-refractivity contribution in [3.05, 3.63) is 47.3 Å². The summed E-state index contributed by atoms with van der Waals surface area (Å²) in [5, 5.41) is 0. The first kappa shape index (κ1) is 18.6. The van der Waals surface area contributed by atoms with Gasteiger partial charge in [0.2, 0.25) is 5.91 Å². The van der Waals surface area contributed by atoms with Crippen LogP contribution in [0.15, 0.2) is 35.9 Å². The molecule has 4 rings (SSSR count). The molecule has 1 amide bonds. The van der Waals surface area contributed by atoms with Gasteiger partial charge in [0.05, 0.1) is 19.8 Å². The van der Waals surface area contributed by atoms with E-state index in [1.165, 1.54) is 17.7 Å². The van der Waals surface area contributed by atoms with E-state index in [0.717, 1.165) is 44.4 Å². The predicted molar refractivity (Wildman–Crippen MR) is 101 cm³/mol. The number of hydrogen-bond donors (Lipinski definition) is 0. The maximum atomic E-state index is 13.4. The number of nitrogens with zero attached hydrogens (tertiary/aromatic N) is 1. The van der Waals surface area contributed by atoms with Gasteiger partial charge < -0.3 is 14.4 Å². The van der Waals surface area contributed by atoms with Crippen LogP contribution in [0.25, 0.3) is 0 Å². The highest BCUT2D eigenvalue weighted by Gasteiger charge is 2.50. The molecule has 1 aromatic carbocycles. The van der Waals surface area contributed by atoms with Crippen LogP contribution in [0, 0.1) is 11.2 Å². The van der Waals surface area contributed by atoms with Crippen LogP contribution in [0.1, 0.15) is 37.7 Å². The van der Waals surface area contributed by atoms with E-state index in [-0.39, 0.29) is 23.2 Å². The van der Waals surface area contributed by atoms with E-state index in [1.807, 2.05) is 6.07 Å². The molecule has 5 heteroatoms. The topological polar surface area (TPSA) is 38.8 Å². The van der Waals surface area contributed by atoms with Crippen molar-refractivity contribution in [2.75, 3.05) is 33.0 Å². The van der Waals surface area contributed by atoms with Crippen molar-refractivity contribution < 1.29 is 18.7 Å². The van der Waals surface area contributed by atoms with Gasteiger partial charge in [-0.25, -0.2) is 4.39 Å². The van der Waals surface area contributed by atoms with Crippen molar-refractivity contribution in [1.29, 1.82) is 0 Å². The second kappa shape index (κ2) is 8.11. The average Bonchev–Trinajstić information content (AvgIpc) is 2.72. The van der Waals surface area contributed by atoms with Gasteiger partial charge in [0, 0.05) is 31.0 Å². The van der Waals surface area contributed by atoms with Gasteiger partial charge in [-0.1, -0.05) is 23.8 Å². The number of piperidine rings is 1. The summed E-state index contributed by atoms with van der Waals surface area (Å²) in [4.78, 5) is 15.2. The summed E-state index contributed by atoms with van der Waals surface area (Å²) in [7, 11) is 0. The standard InChI is InChI=1S/C22H28FNO3/c23-19-4-1-3-17(15-19)5-6-21(25)24-11-2-10-22(16-27-14-9-20(22)24)18-7-12-26-13-8-18/h1,3-4,7,15,20H,2,5-6,8-14,16H2/t20-,22-/m0/s1. The van der Waals surface area contributed by atoms with Crippen LogP contribution in [0.5, 0.6) is 0 Å². The minimum absolute atomic E-state index is 0.0468. The molecule has 2 atom stereocenters. The van der Waals surface area contributed by atoms with Gasteiger partial charge in [-0.15, -0.1) is 0 Å². The molecule has 1 aromatic rings. The summed E-state index contributed by atoms with van der Waals surface area (Å²) < 4.78 is 24.8. The molecule has 0 saturated carbocycles. The Balaban J connectivity index is 1.50. The molecule has 0 spiro atoms. The maximum Gasteiger partial charge on any atom is 0.223 e. The van der Waals surface area contributed by atoms with E-state index >= 15 is 0 Å². The fourth-order valence-electron chi connectivity index (χ4n) is 5.07. The predicted octanol–water partition coefficient (Wildman–Crippen LogP) is 3.50. The highest BCUT2D eigenvalue weighted by atomic mass is 19.1. The number of aryl methyl sites for hydroxylation is 1. The van der Waals surface area contributed by atoms with Crippen LogP contribution >= 0.6 is 0 Å². The molecule has 4 nitrogen and oxygen atoms in total. The monoisotopic (exact) mass is 373 g/mol. The van der Waals surface area contributed by atoms with Crippen LogP contribution in [-0.4, -0.2) is 49.8 Å². The smallest absolute Gasteiger partial charge is 0.223 e. The quantitative estimate of drug-likeness (QED) is 0.759. The van der Waals surface area contributed by atoms with Gasteiger partial charge in [-0.05, 0) is 49.8 Å². The minimum atomic E-state index is -0.243. The number of amides is 1. The minimum Gasteiger partial charge on any atom is -0.380 e. The van der Waals surface area contributed by atoms with Gasteiger partial charge >= 0.3 is 0 Å². The lowest BCUT2D eigenvalue weighted by Crippen LogP contribution is -2.59. The number of hydrogen-bond acceptors (Lipinski definition) is 3. The first-order chi connectivity index (χ1) is 13.2. The molecular formula is C22H28FNO3. The number of likely N-dealkylation sites (tertiary alicyclic amines) is 1. The zero-order valence-electron chi connectivity index (χ0n) is 15.8. The molecular weight excluding hydrogens is 345 g/mol. The highest BCUT2D eigenvalue weighted by Crippen LogP contribution is 2.48. The molecule has 2 saturated heterocycles. The second-order valence-corrected chi connectivity index (χ2v) is 7.89. The van der Waals surface area contributed by atoms with E-state index in [1.54, 1.807) is 6.07 Å². The van der Waals surface area contributed by atoms with Crippen molar-refractivity contribution in [2.24, 2.45) is 5.41 Å². The number of benzene rings is 1. The van der Waals surface area contributed by atoms with Crippen LogP contribution in [0.3, 0.4) is 0 Å². The lowest BCUT2D eigenvalue weighted by atomic mass is 9.65. The van der Waals surface area contributed by atoms with E-state index in [4.69, 9.17) is 9.47 Å². The SMILES string of the molecule is O=C(CCc1cccc(F)c1)N1CCC[C@@]2(C3=CCOCC3)COCC[C@H]12. The second-order valence-electron chi connectivity index (χ2n) is 7.89. The van der Waals surface area contributed by atoms with E-state index in [9.17, 15) is 9.18 Å². The Morgan fingerprint density at radius 1 is 1.30 bits per heavy atom. The van der Waals surface area contributed by atoms with Gasteiger partial charge in [0.1, 0.15) is 5.82 Å². The Labute approximate surface area is 160 Å². The maximum absolute atomic E-state index is 13.4. The molecule has 3 aliphatic heterocycles. The molecule has 0 N–H and O–H groups in total. The zero-order chi connectivity index (χ0) is 18.7.